The van der Waals surface area contributed by atoms with Crippen molar-refractivity contribution in [1.82, 2.24) is 9.38 Å². The molecule has 1 aromatic carbocycles. The molecule has 1 N–H and O–H groups in total. The number of aromatic nitrogens is 2. The molecule has 0 fully saturated rings. The summed E-state index contributed by atoms with van der Waals surface area (Å²) in [7, 11) is 0. The van der Waals surface area contributed by atoms with Crippen LogP contribution in [-0.4, -0.2) is 14.5 Å². The van der Waals surface area contributed by atoms with Crippen LogP contribution in [0.4, 0.5) is 0 Å². The largest absolute Gasteiger partial charge is 0.508 e. The summed E-state index contributed by atoms with van der Waals surface area (Å²) in [6.45, 7) is 0. The zero-order chi connectivity index (χ0) is 11.8. The van der Waals surface area contributed by atoms with E-state index >= 15 is 0 Å². The number of imidazole rings is 1. The number of phenols is 1. The number of rotatable bonds is 1. The van der Waals surface area contributed by atoms with Crippen molar-refractivity contribution in [2.75, 3.05) is 0 Å². The molecule has 0 aliphatic carbocycles. The molecular weight excluding hydrogens is 280 g/mol. The van der Waals surface area contributed by atoms with Crippen LogP contribution in [-0.2, 0) is 0 Å². The van der Waals surface area contributed by atoms with Crippen LogP contribution < -0.4 is 0 Å². The van der Waals surface area contributed by atoms with Crippen LogP contribution in [0.3, 0.4) is 0 Å². The van der Waals surface area contributed by atoms with Gasteiger partial charge in [0.1, 0.15) is 11.6 Å². The van der Waals surface area contributed by atoms with E-state index in [0.29, 0.717) is 0 Å². The zero-order valence-corrected chi connectivity index (χ0v) is 10.4. The van der Waals surface area contributed by atoms with E-state index in [1.165, 1.54) is 0 Å². The third kappa shape index (κ3) is 1.70. The van der Waals surface area contributed by atoms with Crippen LogP contribution >= 0.6 is 15.9 Å². The Hall–Kier alpha value is -1.81. The Bertz CT molecular complexity index is 691. The predicted octanol–water partition coefficient (Wildman–Crippen LogP) is 3.47. The van der Waals surface area contributed by atoms with Crippen LogP contribution in [0.1, 0.15) is 0 Å². The summed E-state index contributed by atoms with van der Waals surface area (Å²) in [6.07, 6.45) is 3.76. The quantitative estimate of drug-likeness (QED) is 0.744. The monoisotopic (exact) mass is 288 g/mol. The van der Waals surface area contributed by atoms with Crippen molar-refractivity contribution in [3.8, 4) is 17.1 Å². The first-order valence-electron chi connectivity index (χ1n) is 5.17. The van der Waals surface area contributed by atoms with E-state index in [1.807, 2.05) is 41.1 Å². The van der Waals surface area contributed by atoms with Gasteiger partial charge in [-0.15, -0.1) is 0 Å². The lowest BCUT2D eigenvalue weighted by atomic mass is 10.2. The van der Waals surface area contributed by atoms with Crippen molar-refractivity contribution in [1.29, 1.82) is 0 Å². The number of fused-ring (bicyclic) bond motifs is 1. The highest BCUT2D eigenvalue weighted by atomic mass is 79.9. The highest BCUT2D eigenvalue weighted by Crippen LogP contribution is 2.26. The van der Waals surface area contributed by atoms with Crippen LogP contribution in [0.5, 0.6) is 5.75 Å². The van der Waals surface area contributed by atoms with Crippen molar-refractivity contribution in [2.24, 2.45) is 0 Å². The number of halogens is 1. The van der Waals surface area contributed by atoms with Gasteiger partial charge < -0.3 is 5.11 Å². The number of aromatic hydroxyl groups is 1. The maximum absolute atomic E-state index is 9.49. The van der Waals surface area contributed by atoms with Crippen LogP contribution in [0.15, 0.2) is 53.3 Å². The van der Waals surface area contributed by atoms with Gasteiger partial charge in [-0.2, -0.15) is 0 Å². The lowest BCUT2D eigenvalue weighted by Gasteiger charge is -2.02. The number of benzene rings is 1. The number of nitrogens with zero attached hydrogens (tertiary/aromatic N) is 2. The van der Waals surface area contributed by atoms with Gasteiger partial charge >= 0.3 is 0 Å². The van der Waals surface area contributed by atoms with Crippen LogP contribution in [0, 0.1) is 0 Å². The minimum Gasteiger partial charge on any atom is -0.508 e. The second-order valence-electron chi connectivity index (χ2n) is 3.74. The Morgan fingerprint density at radius 3 is 2.88 bits per heavy atom. The summed E-state index contributed by atoms with van der Waals surface area (Å²) in [6, 6.07) is 11.0. The molecule has 2 heterocycles. The summed E-state index contributed by atoms with van der Waals surface area (Å²) in [5.74, 6) is 1.06. The molecule has 3 nitrogen and oxygen atoms in total. The van der Waals surface area contributed by atoms with Gasteiger partial charge in [0.25, 0.3) is 0 Å². The number of hydrogen-bond acceptors (Lipinski definition) is 2. The minimum absolute atomic E-state index is 0.245. The molecule has 4 heteroatoms. The number of phenolic OH excluding ortho intramolecular Hbond substituents is 1. The summed E-state index contributed by atoms with van der Waals surface area (Å²) in [4.78, 5) is 4.39. The molecule has 0 aliphatic heterocycles. The van der Waals surface area contributed by atoms with Gasteiger partial charge in [0, 0.05) is 16.2 Å². The van der Waals surface area contributed by atoms with Gasteiger partial charge in [-0.1, -0.05) is 12.1 Å². The summed E-state index contributed by atoms with van der Waals surface area (Å²) < 4.78 is 2.98. The standard InChI is InChI=1S/C13H9BrN2O/c14-11-5-2-6-16-12(11)8-15-13(16)9-3-1-4-10(17)7-9/h1-8,17H. The minimum atomic E-state index is 0.245. The van der Waals surface area contributed by atoms with E-state index < -0.39 is 0 Å². The fourth-order valence-corrected chi connectivity index (χ4v) is 2.29. The first-order chi connectivity index (χ1) is 8.25. The Kier molecular flexibility index (Phi) is 2.37. The van der Waals surface area contributed by atoms with Gasteiger partial charge in [0.15, 0.2) is 0 Å². The maximum atomic E-state index is 9.49. The maximum Gasteiger partial charge on any atom is 0.144 e. The third-order valence-corrected chi connectivity index (χ3v) is 3.29. The predicted molar refractivity (Wildman–Crippen MR) is 70.0 cm³/mol. The van der Waals surface area contributed by atoms with Crippen molar-refractivity contribution in [3.05, 3.63) is 53.3 Å². The van der Waals surface area contributed by atoms with Gasteiger partial charge in [-0.05, 0) is 40.2 Å². The molecule has 0 saturated carbocycles. The smallest absolute Gasteiger partial charge is 0.144 e. The molecule has 0 amide bonds. The zero-order valence-electron chi connectivity index (χ0n) is 8.84. The van der Waals surface area contributed by atoms with E-state index in [-0.39, 0.29) is 5.75 Å². The second kappa shape index (κ2) is 3.89. The fourth-order valence-electron chi connectivity index (χ4n) is 1.85. The average Bonchev–Trinajstić information content (AvgIpc) is 2.74. The number of pyridine rings is 1. The summed E-state index contributed by atoms with van der Waals surface area (Å²) >= 11 is 3.49. The van der Waals surface area contributed by atoms with Crippen molar-refractivity contribution in [3.63, 3.8) is 0 Å². The fraction of sp³-hybridized carbons (Fsp3) is 0. The lowest BCUT2D eigenvalue weighted by molar-refractivity contribution is 0.475. The van der Waals surface area contributed by atoms with Crippen molar-refractivity contribution < 1.29 is 5.11 Å². The third-order valence-electron chi connectivity index (χ3n) is 2.62. The van der Waals surface area contributed by atoms with Crippen molar-refractivity contribution in [2.45, 2.75) is 0 Å². The molecule has 0 unspecified atom stereocenters. The summed E-state index contributed by atoms with van der Waals surface area (Å²) in [5, 5.41) is 9.49. The Morgan fingerprint density at radius 1 is 1.18 bits per heavy atom. The highest BCUT2D eigenvalue weighted by Gasteiger charge is 2.08. The van der Waals surface area contributed by atoms with E-state index in [2.05, 4.69) is 20.9 Å². The molecule has 0 atom stereocenters. The molecule has 17 heavy (non-hydrogen) atoms. The van der Waals surface area contributed by atoms with E-state index in [4.69, 9.17) is 0 Å². The van der Waals surface area contributed by atoms with Gasteiger partial charge in [-0.25, -0.2) is 4.98 Å². The molecular formula is C13H9BrN2O. The van der Waals surface area contributed by atoms with Gasteiger partial charge in [0.05, 0.1) is 11.7 Å². The molecule has 0 saturated heterocycles. The molecule has 0 radical (unpaired) electrons. The van der Waals surface area contributed by atoms with E-state index in [9.17, 15) is 5.11 Å². The first-order valence-corrected chi connectivity index (χ1v) is 5.96. The normalized spacial score (nSPS) is 10.9. The molecule has 0 bridgehead atoms. The molecule has 3 rings (SSSR count). The van der Waals surface area contributed by atoms with Crippen LogP contribution in [0.25, 0.3) is 16.9 Å². The van der Waals surface area contributed by atoms with Gasteiger partial charge in [0.2, 0.25) is 0 Å². The second-order valence-corrected chi connectivity index (χ2v) is 4.60. The lowest BCUT2D eigenvalue weighted by Crippen LogP contribution is -1.88. The van der Waals surface area contributed by atoms with E-state index in [1.54, 1.807) is 12.1 Å². The molecule has 2 aromatic heterocycles. The Labute approximate surface area is 106 Å². The Morgan fingerprint density at radius 2 is 2.06 bits per heavy atom. The van der Waals surface area contributed by atoms with E-state index in [0.717, 1.165) is 21.4 Å². The number of hydrogen-bond donors (Lipinski definition) is 1. The summed E-state index contributed by atoms with van der Waals surface area (Å²) in [5.41, 5.74) is 1.90. The highest BCUT2D eigenvalue weighted by molar-refractivity contribution is 9.10. The SMILES string of the molecule is Oc1cccc(-c2ncc3c(Br)cccn23)c1. The average molecular weight is 289 g/mol. The first kappa shape index (κ1) is 10.4. The molecule has 3 aromatic rings. The molecule has 0 aliphatic rings. The Balaban J connectivity index is 2.28. The molecule has 0 spiro atoms. The van der Waals surface area contributed by atoms with Crippen molar-refractivity contribution >= 4 is 21.4 Å². The van der Waals surface area contributed by atoms with Gasteiger partial charge in [-0.3, -0.25) is 4.40 Å². The van der Waals surface area contributed by atoms with Crippen LogP contribution in [0.2, 0.25) is 0 Å². The topological polar surface area (TPSA) is 37.5 Å². The molecule has 84 valence electrons.